The zero-order valence-electron chi connectivity index (χ0n) is 7.55. The van der Waals surface area contributed by atoms with Crippen LogP contribution in [0.2, 0.25) is 0 Å². The van der Waals surface area contributed by atoms with Crippen molar-refractivity contribution in [2.45, 2.75) is 19.8 Å². The lowest BCUT2D eigenvalue weighted by Gasteiger charge is -2.13. The smallest absolute Gasteiger partial charge is 0.00739 e. The molecule has 3 heteroatoms. The van der Waals surface area contributed by atoms with E-state index in [0.717, 1.165) is 13.1 Å². The average Bonchev–Trinajstić information content (AvgIpc) is 2.05. The topological polar surface area (TPSA) is 52.0 Å². The molecular formula is C8H21N2P. The van der Waals surface area contributed by atoms with E-state index in [1.54, 1.807) is 0 Å². The lowest BCUT2D eigenvalue weighted by atomic mass is 10.5. The van der Waals surface area contributed by atoms with Gasteiger partial charge in [-0.3, -0.25) is 0 Å². The van der Waals surface area contributed by atoms with Crippen molar-refractivity contribution in [3.8, 4) is 0 Å². The van der Waals surface area contributed by atoms with Crippen molar-refractivity contribution in [3.63, 3.8) is 0 Å². The van der Waals surface area contributed by atoms with Crippen LogP contribution in [0.1, 0.15) is 19.8 Å². The molecule has 0 aliphatic rings. The maximum Gasteiger partial charge on any atom is -0.00739 e. The van der Waals surface area contributed by atoms with E-state index >= 15 is 0 Å². The largest absolute Gasteiger partial charge is 0.330 e. The highest BCUT2D eigenvalue weighted by Crippen LogP contribution is 2.35. The van der Waals surface area contributed by atoms with Crippen molar-refractivity contribution in [1.82, 2.24) is 0 Å². The van der Waals surface area contributed by atoms with Gasteiger partial charge in [0.25, 0.3) is 0 Å². The molecule has 0 radical (unpaired) electrons. The predicted octanol–water partition coefficient (Wildman–Crippen LogP) is 1.19. The first-order valence-corrected chi connectivity index (χ1v) is 6.37. The molecule has 0 aromatic rings. The van der Waals surface area contributed by atoms with Crippen LogP contribution >= 0.6 is 7.92 Å². The van der Waals surface area contributed by atoms with Crippen LogP contribution in [0.25, 0.3) is 0 Å². The molecule has 0 bridgehead atoms. The Morgan fingerprint density at radius 2 is 1.45 bits per heavy atom. The van der Waals surface area contributed by atoms with Crippen molar-refractivity contribution in [1.29, 1.82) is 0 Å². The molecule has 11 heavy (non-hydrogen) atoms. The average molecular weight is 176 g/mol. The third-order valence-electron chi connectivity index (χ3n) is 1.80. The van der Waals surface area contributed by atoms with E-state index in [-0.39, 0.29) is 7.92 Å². The van der Waals surface area contributed by atoms with E-state index < -0.39 is 0 Å². The first-order chi connectivity index (χ1) is 5.35. The van der Waals surface area contributed by atoms with Crippen LogP contribution in [0, 0.1) is 0 Å². The zero-order chi connectivity index (χ0) is 8.53. The second-order valence-electron chi connectivity index (χ2n) is 2.72. The maximum atomic E-state index is 5.45. The second-order valence-corrected chi connectivity index (χ2v) is 5.59. The molecule has 0 saturated carbocycles. The summed E-state index contributed by atoms with van der Waals surface area (Å²) >= 11 is 0. The van der Waals surface area contributed by atoms with Gasteiger partial charge in [-0.1, -0.05) is 6.92 Å². The fourth-order valence-corrected chi connectivity index (χ4v) is 3.17. The SMILES string of the molecule is CCP(CCCN)CCCN. The molecule has 0 aromatic carbocycles. The van der Waals surface area contributed by atoms with E-state index in [1.165, 1.54) is 31.3 Å². The molecule has 0 aliphatic carbocycles. The zero-order valence-corrected chi connectivity index (χ0v) is 8.45. The van der Waals surface area contributed by atoms with E-state index in [2.05, 4.69) is 6.92 Å². The van der Waals surface area contributed by atoms with Gasteiger partial charge in [-0.2, -0.15) is 0 Å². The Kier molecular flexibility index (Phi) is 8.72. The number of rotatable bonds is 7. The number of hydrogen-bond acceptors (Lipinski definition) is 2. The summed E-state index contributed by atoms with van der Waals surface area (Å²) in [7, 11) is 0.270. The van der Waals surface area contributed by atoms with Gasteiger partial charge in [-0.25, -0.2) is 0 Å². The molecule has 0 fully saturated rings. The predicted molar refractivity (Wildman–Crippen MR) is 54.5 cm³/mol. The highest BCUT2D eigenvalue weighted by Gasteiger charge is 2.02. The summed E-state index contributed by atoms with van der Waals surface area (Å²) < 4.78 is 0. The fraction of sp³-hybridized carbons (Fsp3) is 1.00. The van der Waals surface area contributed by atoms with Crippen molar-refractivity contribution >= 4 is 7.92 Å². The molecular weight excluding hydrogens is 155 g/mol. The van der Waals surface area contributed by atoms with Crippen LogP contribution < -0.4 is 11.5 Å². The number of hydrogen-bond donors (Lipinski definition) is 2. The van der Waals surface area contributed by atoms with Crippen LogP contribution in [0.5, 0.6) is 0 Å². The lowest BCUT2D eigenvalue weighted by Crippen LogP contribution is -2.05. The Labute approximate surface area is 71.5 Å². The molecule has 0 atom stereocenters. The van der Waals surface area contributed by atoms with E-state index in [0.29, 0.717) is 0 Å². The van der Waals surface area contributed by atoms with E-state index in [1.807, 2.05) is 0 Å². The molecule has 0 rings (SSSR count). The summed E-state index contributed by atoms with van der Waals surface area (Å²) in [6.07, 6.45) is 6.44. The molecule has 0 amide bonds. The van der Waals surface area contributed by atoms with Gasteiger partial charge in [-0.15, -0.1) is 7.92 Å². The molecule has 0 spiro atoms. The molecule has 68 valence electrons. The highest BCUT2D eigenvalue weighted by atomic mass is 31.1. The fourth-order valence-electron chi connectivity index (χ4n) is 1.06. The third-order valence-corrected chi connectivity index (χ3v) is 4.60. The van der Waals surface area contributed by atoms with Gasteiger partial charge in [0.05, 0.1) is 0 Å². The summed E-state index contributed by atoms with van der Waals surface area (Å²) in [6, 6.07) is 0. The minimum absolute atomic E-state index is 0.270. The Morgan fingerprint density at radius 1 is 1.00 bits per heavy atom. The van der Waals surface area contributed by atoms with Crippen molar-refractivity contribution in [3.05, 3.63) is 0 Å². The second kappa shape index (κ2) is 8.45. The molecule has 4 N–H and O–H groups in total. The Morgan fingerprint density at radius 3 is 1.73 bits per heavy atom. The third kappa shape index (κ3) is 6.74. The van der Waals surface area contributed by atoms with Gasteiger partial charge in [0.2, 0.25) is 0 Å². The maximum absolute atomic E-state index is 5.45. The first-order valence-electron chi connectivity index (χ1n) is 4.47. The summed E-state index contributed by atoms with van der Waals surface area (Å²) in [6.45, 7) is 3.97. The van der Waals surface area contributed by atoms with Crippen LogP contribution in [0.3, 0.4) is 0 Å². The van der Waals surface area contributed by atoms with Gasteiger partial charge < -0.3 is 11.5 Å². The molecule has 2 nitrogen and oxygen atoms in total. The standard InChI is InChI=1S/C8H21N2P/c1-2-11(7-3-5-9)8-4-6-10/h2-10H2,1H3. The van der Waals surface area contributed by atoms with Crippen LogP contribution in [-0.2, 0) is 0 Å². The van der Waals surface area contributed by atoms with Gasteiger partial charge >= 0.3 is 0 Å². The molecule has 0 aromatic heterocycles. The molecule has 0 heterocycles. The van der Waals surface area contributed by atoms with Crippen molar-refractivity contribution in [2.24, 2.45) is 11.5 Å². The van der Waals surface area contributed by atoms with E-state index in [4.69, 9.17) is 11.5 Å². The van der Waals surface area contributed by atoms with Crippen LogP contribution in [-0.4, -0.2) is 31.6 Å². The van der Waals surface area contributed by atoms with E-state index in [9.17, 15) is 0 Å². The van der Waals surface area contributed by atoms with Crippen LogP contribution in [0.15, 0.2) is 0 Å². The minimum Gasteiger partial charge on any atom is -0.330 e. The number of nitrogens with two attached hydrogens (primary N) is 2. The normalized spacial score (nSPS) is 10.9. The molecule has 0 unspecified atom stereocenters. The van der Waals surface area contributed by atoms with Crippen LogP contribution in [0.4, 0.5) is 0 Å². The summed E-state index contributed by atoms with van der Waals surface area (Å²) in [5, 5.41) is 0. The Bertz CT molecular complexity index is 70.5. The molecule has 0 aliphatic heterocycles. The van der Waals surface area contributed by atoms with Crippen molar-refractivity contribution in [2.75, 3.05) is 31.6 Å². The molecule has 0 saturated heterocycles. The summed E-state index contributed by atoms with van der Waals surface area (Å²) in [5.74, 6) is 0. The Balaban J connectivity index is 3.25. The first kappa shape index (κ1) is 11.4. The Hall–Kier alpha value is 0.350. The van der Waals surface area contributed by atoms with Gasteiger partial charge in [0, 0.05) is 0 Å². The van der Waals surface area contributed by atoms with Gasteiger partial charge in [-0.05, 0) is 44.4 Å². The van der Waals surface area contributed by atoms with Gasteiger partial charge in [0.15, 0.2) is 0 Å². The van der Waals surface area contributed by atoms with Crippen molar-refractivity contribution < 1.29 is 0 Å². The van der Waals surface area contributed by atoms with Gasteiger partial charge in [0.1, 0.15) is 0 Å². The highest BCUT2D eigenvalue weighted by molar-refractivity contribution is 7.57. The lowest BCUT2D eigenvalue weighted by molar-refractivity contribution is 0.911. The monoisotopic (exact) mass is 176 g/mol. The summed E-state index contributed by atoms with van der Waals surface area (Å²) in [4.78, 5) is 0. The minimum atomic E-state index is 0.270. The quantitative estimate of drug-likeness (QED) is 0.572. The summed E-state index contributed by atoms with van der Waals surface area (Å²) in [5.41, 5.74) is 10.9.